The van der Waals surface area contributed by atoms with Gasteiger partial charge in [0.15, 0.2) is 0 Å². The first-order chi connectivity index (χ1) is 9.99. The van der Waals surface area contributed by atoms with E-state index in [0.717, 1.165) is 0 Å². The van der Waals surface area contributed by atoms with Gasteiger partial charge in [0.1, 0.15) is 0 Å². The lowest BCUT2D eigenvalue weighted by Crippen LogP contribution is -1.95. The lowest BCUT2D eigenvalue weighted by Gasteiger charge is -2.01. The summed E-state index contributed by atoms with van der Waals surface area (Å²) in [5, 5.41) is 27.1. The predicted molar refractivity (Wildman–Crippen MR) is 71.7 cm³/mol. The zero-order valence-electron chi connectivity index (χ0n) is 11.3. The summed E-state index contributed by atoms with van der Waals surface area (Å²) in [5.74, 6) is -0.372. The molecule has 0 fully saturated rings. The number of nitro groups is 1. The Balaban J connectivity index is 2.20. The second-order valence-electron chi connectivity index (χ2n) is 4.46. The molecule has 2 rings (SSSR count). The second kappa shape index (κ2) is 6.12. The van der Waals surface area contributed by atoms with Gasteiger partial charge >= 0.3 is 5.97 Å². The van der Waals surface area contributed by atoms with Crippen molar-refractivity contribution < 1.29 is 19.2 Å². The van der Waals surface area contributed by atoms with Gasteiger partial charge in [0.05, 0.1) is 4.92 Å². The number of nitrogens with zero attached hydrogens (tertiary/aromatic N) is 3. The fourth-order valence-corrected chi connectivity index (χ4v) is 1.91. The fraction of sp³-hybridized carbons (Fsp3) is 0.308. The van der Waals surface area contributed by atoms with Gasteiger partial charge < -0.3 is 9.52 Å². The van der Waals surface area contributed by atoms with Crippen LogP contribution in [0.4, 0.5) is 5.69 Å². The number of aryl methyl sites for hydroxylation is 1. The maximum Gasteiger partial charge on any atom is 0.303 e. The van der Waals surface area contributed by atoms with Gasteiger partial charge in [-0.3, -0.25) is 14.9 Å². The quantitative estimate of drug-likeness (QED) is 0.640. The van der Waals surface area contributed by atoms with Crippen molar-refractivity contribution >= 4 is 11.7 Å². The molecule has 0 atom stereocenters. The molecule has 1 aromatic carbocycles. The minimum absolute atomic E-state index is 0.0156. The maximum atomic E-state index is 10.9. The number of hydrogen-bond acceptors (Lipinski definition) is 6. The highest BCUT2D eigenvalue weighted by Crippen LogP contribution is 2.28. The Morgan fingerprint density at radius 2 is 2.19 bits per heavy atom. The lowest BCUT2D eigenvalue weighted by atomic mass is 10.1. The molecule has 0 spiro atoms. The van der Waals surface area contributed by atoms with Gasteiger partial charge in [-0.25, -0.2) is 0 Å². The molecule has 8 nitrogen and oxygen atoms in total. The molecule has 0 aliphatic rings. The molecule has 0 saturated heterocycles. The molecule has 1 heterocycles. The van der Waals surface area contributed by atoms with Crippen LogP contribution in [0.3, 0.4) is 0 Å². The summed E-state index contributed by atoms with van der Waals surface area (Å²) in [6, 6.07) is 4.62. The molecule has 0 saturated carbocycles. The Kier molecular flexibility index (Phi) is 4.27. The van der Waals surface area contributed by atoms with Crippen molar-refractivity contribution in [3.63, 3.8) is 0 Å². The third kappa shape index (κ3) is 3.41. The zero-order valence-corrected chi connectivity index (χ0v) is 11.3. The minimum Gasteiger partial charge on any atom is -0.481 e. The van der Waals surface area contributed by atoms with E-state index in [9.17, 15) is 14.9 Å². The van der Waals surface area contributed by atoms with E-state index in [1.54, 1.807) is 19.1 Å². The van der Waals surface area contributed by atoms with Crippen LogP contribution in [0, 0.1) is 17.0 Å². The van der Waals surface area contributed by atoms with Crippen LogP contribution in [-0.4, -0.2) is 26.2 Å². The van der Waals surface area contributed by atoms with Crippen molar-refractivity contribution in [3.05, 3.63) is 39.8 Å². The highest BCUT2D eigenvalue weighted by atomic mass is 16.6. The number of nitro benzene ring substituents is 1. The molecule has 8 heteroatoms. The normalized spacial score (nSPS) is 10.5. The van der Waals surface area contributed by atoms with Gasteiger partial charge in [-0.05, 0) is 19.4 Å². The van der Waals surface area contributed by atoms with Crippen molar-refractivity contribution in [2.24, 2.45) is 0 Å². The van der Waals surface area contributed by atoms with Crippen molar-refractivity contribution in [2.75, 3.05) is 0 Å². The summed E-state index contributed by atoms with van der Waals surface area (Å²) in [6.45, 7) is 1.61. The molecule has 2 aromatic rings. The van der Waals surface area contributed by atoms with E-state index in [1.807, 2.05) is 0 Å². The first-order valence-electron chi connectivity index (χ1n) is 6.27. The Labute approximate surface area is 119 Å². The summed E-state index contributed by atoms with van der Waals surface area (Å²) in [4.78, 5) is 20.9. The highest BCUT2D eigenvalue weighted by Gasteiger charge is 2.18. The van der Waals surface area contributed by atoms with Crippen molar-refractivity contribution in [2.45, 2.75) is 26.2 Å². The first kappa shape index (κ1) is 14.6. The van der Waals surface area contributed by atoms with Gasteiger partial charge in [-0.15, -0.1) is 10.2 Å². The number of hydrogen-bond donors (Lipinski definition) is 1. The van der Waals surface area contributed by atoms with Crippen LogP contribution in [-0.2, 0) is 11.2 Å². The lowest BCUT2D eigenvalue weighted by molar-refractivity contribution is -0.385. The highest BCUT2D eigenvalue weighted by molar-refractivity contribution is 5.66. The molecule has 0 aliphatic carbocycles. The minimum atomic E-state index is -0.885. The van der Waals surface area contributed by atoms with Crippen LogP contribution < -0.4 is 0 Å². The smallest absolute Gasteiger partial charge is 0.303 e. The summed E-state index contributed by atoms with van der Waals surface area (Å²) in [7, 11) is 0. The first-order valence-corrected chi connectivity index (χ1v) is 6.27. The standard InChI is InChI=1S/C13H13N3O5/c1-8-9(4-2-5-10(8)16(19)20)13-15-14-11(21-13)6-3-7-12(17)18/h2,4-5H,3,6-7H2,1H3,(H,17,18). The largest absolute Gasteiger partial charge is 0.481 e. The summed E-state index contributed by atoms with van der Waals surface area (Å²) in [6.07, 6.45) is 0.770. The van der Waals surface area contributed by atoms with Gasteiger partial charge in [-0.1, -0.05) is 6.07 Å². The SMILES string of the molecule is Cc1c(-c2nnc(CCCC(=O)O)o2)cccc1[N+](=O)[O-]. The van der Waals surface area contributed by atoms with Crippen LogP contribution >= 0.6 is 0 Å². The third-order valence-electron chi connectivity index (χ3n) is 2.98. The zero-order chi connectivity index (χ0) is 15.4. The number of carboxylic acid groups (broad SMARTS) is 1. The second-order valence-corrected chi connectivity index (χ2v) is 4.46. The Hall–Kier alpha value is -2.77. The number of carboxylic acids is 1. The molecular weight excluding hydrogens is 278 g/mol. The molecule has 0 amide bonds. The Bertz CT molecular complexity index is 680. The Morgan fingerprint density at radius 3 is 2.86 bits per heavy atom. The average molecular weight is 291 g/mol. The third-order valence-corrected chi connectivity index (χ3v) is 2.98. The van der Waals surface area contributed by atoms with E-state index in [1.165, 1.54) is 6.07 Å². The molecular formula is C13H13N3O5. The summed E-state index contributed by atoms with van der Waals surface area (Å²) < 4.78 is 5.43. The van der Waals surface area contributed by atoms with Crippen LogP contribution in [0.25, 0.3) is 11.5 Å². The summed E-state index contributed by atoms with van der Waals surface area (Å²) in [5.41, 5.74) is 0.933. The van der Waals surface area contributed by atoms with E-state index in [2.05, 4.69) is 10.2 Å². The maximum absolute atomic E-state index is 10.9. The van der Waals surface area contributed by atoms with Crippen LogP contribution in [0.1, 0.15) is 24.3 Å². The molecule has 0 radical (unpaired) electrons. The molecule has 21 heavy (non-hydrogen) atoms. The monoisotopic (exact) mass is 291 g/mol. The van der Waals surface area contributed by atoms with Gasteiger partial charge in [-0.2, -0.15) is 0 Å². The number of carbonyl (C=O) groups is 1. The molecule has 110 valence electrons. The topological polar surface area (TPSA) is 119 Å². The van der Waals surface area contributed by atoms with Crippen LogP contribution in [0.5, 0.6) is 0 Å². The van der Waals surface area contributed by atoms with E-state index in [4.69, 9.17) is 9.52 Å². The van der Waals surface area contributed by atoms with Crippen molar-refractivity contribution in [3.8, 4) is 11.5 Å². The van der Waals surface area contributed by atoms with Gasteiger partial charge in [0.2, 0.25) is 11.8 Å². The summed E-state index contributed by atoms with van der Waals surface area (Å²) >= 11 is 0. The molecule has 0 bridgehead atoms. The van der Waals surface area contributed by atoms with E-state index in [-0.39, 0.29) is 18.0 Å². The van der Waals surface area contributed by atoms with Crippen LogP contribution in [0.15, 0.2) is 22.6 Å². The number of aromatic nitrogens is 2. The fourth-order valence-electron chi connectivity index (χ4n) is 1.91. The van der Waals surface area contributed by atoms with Crippen molar-refractivity contribution in [1.82, 2.24) is 10.2 Å². The Morgan fingerprint density at radius 1 is 1.43 bits per heavy atom. The van der Waals surface area contributed by atoms with Gasteiger partial charge in [0.25, 0.3) is 5.69 Å². The van der Waals surface area contributed by atoms with E-state index >= 15 is 0 Å². The number of aliphatic carboxylic acids is 1. The molecule has 0 aliphatic heterocycles. The molecule has 1 aromatic heterocycles. The average Bonchev–Trinajstić information content (AvgIpc) is 2.86. The predicted octanol–water partition coefficient (Wildman–Crippen LogP) is 2.36. The van der Waals surface area contributed by atoms with E-state index < -0.39 is 10.9 Å². The van der Waals surface area contributed by atoms with Gasteiger partial charge in [0, 0.05) is 30.0 Å². The number of benzene rings is 1. The van der Waals surface area contributed by atoms with E-state index in [0.29, 0.717) is 29.9 Å². The van der Waals surface area contributed by atoms with Crippen LogP contribution in [0.2, 0.25) is 0 Å². The number of rotatable bonds is 6. The molecule has 1 N–H and O–H groups in total. The van der Waals surface area contributed by atoms with Crippen molar-refractivity contribution in [1.29, 1.82) is 0 Å². The molecule has 0 unspecified atom stereocenters.